The Morgan fingerprint density at radius 3 is 2.96 bits per heavy atom. The quantitative estimate of drug-likeness (QED) is 0.859. The Balaban J connectivity index is 2.04. The van der Waals surface area contributed by atoms with Crippen molar-refractivity contribution in [3.05, 3.63) is 36.5 Å². The number of anilines is 1. The van der Waals surface area contributed by atoms with E-state index < -0.39 is 15.8 Å². The number of ether oxygens (including phenoxy) is 1. The van der Waals surface area contributed by atoms with E-state index in [-0.39, 0.29) is 35.7 Å². The number of imidazole rings is 1. The molecule has 0 radical (unpaired) electrons. The minimum atomic E-state index is -3.94. The average Bonchev–Trinajstić information content (AvgIpc) is 3.04. The van der Waals surface area contributed by atoms with Crippen LogP contribution in [0.2, 0.25) is 0 Å². The molecule has 1 aromatic carbocycles. The minimum Gasteiger partial charge on any atom is -0.489 e. The Morgan fingerprint density at radius 2 is 2.22 bits per heavy atom. The number of rotatable bonds is 4. The van der Waals surface area contributed by atoms with Gasteiger partial charge in [-0.05, 0) is 25.5 Å². The fourth-order valence-electron chi connectivity index (χ4n) is 2.46. The van der Waals surface area contributed by atoms with E-state index in [9.17, 15) is 12.8 Å². The number of fused-ring (bicyclic) bond motifs is 1. The maximum absolute atomic E-state index is 14.1. The van der Waals surface area contributed by atoms with Crippen LogP contribution in [-0.4, -0.2) is 31.1 Å². The summed E-state index contributed by atoms with van der Waals surface area (Å²) in [5, 5.41) is -0.0890. The van der Waals surface area contributed by atoms with Crippen molar-refractivity contribution in [1.29, 1.82) is 0 Å². The first-order valence-electron chi connectivity index (χ1n) is 7.42. The molecule has 23 heavy (non-hydrogen) atoms. The van der Waals surface area contributed by atoms with Crippen LogP contribution < -0.4 is 9.04 Å². The molecule has 1 atom stereocenters. The molecular weight excluding hydrogens is 321 g/mol. The molecule has 1 aromatic heterocycles. The second-order valence-corrected chi connectivity index (χ2v) is 7.24. The lowest BCUT2D eigenvalue weighted by Gasteiger charge is -2.29. The van der Waals surface area contributed by atoms with Crippen LogP contribution in [-0.2, 0) is 10.0 Å². The highest BCUT2D eigenvalue weighted by atomic mass is 32.2. The molecule has 0 unspecified atom stereocenters. The normalized spacial score (nSPS) is 15.9. The first-order valence-corrected chi connectivity index (χ1v) is 8.86. The van der Waals surface area contributed by atoms with Gasteiger partial charge >= 0.3 is 0 Å². The summed E-state index contributed by atoms with van der Waals surface area (Å²) in [6, 6.07) is 4.40. The van der Waals surface area contributed by atoms with Crippen LogP contribution in [0, 0.1) is 5.82 Å². The zero-order valence-corrected chi connectivity index (χ0v) is 13.8. The molecule has 6 nitrogen and oxygen atoms in total. The van der Waals surface area contributed by atoms with Gasteiger partial charge in [0.25, 0.3) is 10.0 Å². The standard InChI is InChI=1S/C15H18FN3O3S/c1-3-11(2)18-9-14(17-10-18)23(20,21)19-7-8-22-13-6-4-5-12(16)15(13)19/h4-6,9-11H,3,7-8H2,1-2H3/t11-/m0/s1. The van der Waals surface area contributed by atoms with Gasteiger partial charge in [-0.3, -0.25) is 4.31 Å². The van der Waals surface area contributed by atoms with Gasteiger partial charge in [0, 0.05) is 12.2 Å². The van der Waals surface area contributed by atoms with Gasteiger partial charge in [-0.2, -0.15) is 8.42 Å². The molecule has 0 bridgehead atoms. The second kappa shape index (κ2) is 5.84. The highest BCUT2D eigenvalue weighted by Gasteiger charge is 2.34. The van der Waals surface area contributed by atoms with Crippen molar-refractivity contribution in [2.45, 2.75) is 31.3 Å². The summed E-state index contributed by atoms with van der Waals surface area (Å²) < 4.78 is 48.0. The lowest BCUT2D eigenvalue weighted by molar-refractivity contribution is 0.313. The smallest absolute Gasteiger partial charge is 0.283 e. The van der Waals surface area contributed by atoms with E-state index in [1.807, 2.05) is 13.8 Å². The van der Waals surface area contributed by atoms with E-state index >= 15 is 0 Å². The van der Waals surface area contributed by atoms with Crippen LogP contribution in [0.25, 0.3) is 0 Å². The third-order valence-corrected chi connectivity index (χ3v) is 5.67. The number of hydrogen-bond acceptors (Lipinski definition) is 4. The predicted molar refractivity (Wildman–Crippen MR) is 83.7 cm³/mol. The van der Waals surface area contributed by atoms with E-state index in [0.29, 0.717) is 0 Å². The number of hydrogen-bond donors (Lipinski definition) is 0. The summed E-state index contributed by atoms with van der Waals surface area (Å²) in [4.78, 5) is 4.00. The van der Waals surface area contributed by atoms with Crippen molar-refractivity contribution >= 4 is 15.7 Å². The van der Waals surface area contributed by atoms with E-state index in [2.05, 4.69) is 4.98 Å². The molecule has 3 rings (SSSR count). The fraction of sp³-hybridized carbons (Fsp3) is 0.400. The summed E-state index contributed by atoms with van der Waals surface area (Å²) >= 11 is 0. The third-order valence-electron chi connectivity index (χ3n) is 3.98. The van der Waals surface area contributed by atoms with Gasteiger partial charge in [0.2, 0.25) is 0 Å². The number of sulfonamides is 1. The van der Waals surface area contributed by atoms with Gasteiger partial charge in [-0.1, -0.05) is 13.0 Å². The number of nitrogens with zero attached hydrogens (tertiary/aromatic N) is 3. The van der Waals surface area contributed by atoms with Crippen molar-refractivity contribution in [2.75, 3.05) is 17.5 Å². The Kier molecular flexibility index (Phi) is 4.01. The zero-order valence-electron chi connectivity index (χ0n) is 12.9. The van der Waals surface area contributed by atoms with Crippen LogP contribution >= 0.6 is 0 Å². The van der Waals surface area contributed by atoms with Crippen LogP contribution in [0.3, 0.4) is 0 Å². The van der Waals surface area contributed by atoms with Gasteiger partial charge < -0.3 is 9.30 Å². The van der Waals surface area contributed by atoms with E-state index in [4.69, 9.17) is 4.74 Å². The minimum absolute atomic E-state index is 0.0481. The molecule has 0 fully saturated rings. The molecule has 0 saturated carbocycles. The Morgan fingerprint density at radius 1 is 1.43 bits per heavy atom. The lowest BCUT2D eigenvalue weighted by atomic mass is 10.2. The molecule has 8 heteroatoms. The highest BCUT2D eigenvalue weighted by molar-refractivity contribution is 7.92. The molecule has 0 amide bonds. The van der Waals surface area contributed by atoms with Crippen molar-refractivity contribution in [2.24, 2.45) is 0 Å². The zero-order chi connectivity index (χ0) is 16.6. The Bertz CT molecular complexity index is 819. The van der Waals surface area contributed by atoms with Gasteiger partial charge in [0.1, 0.15) is 18.0 Å². The molecule has 0 saturated heterocycles. The van der Waals surface area contributed by atoms with Crippen molar-refractivity contribution < 1.29 is 17.5 Å². The molecule has 2 aromatic rings. The van der Waals surface area contributed by atoms with Crippen LogP contribution in [0.15, 0.2) is 35.7 Å². The molecule has 0 aliphatic carbocycles. The third kappa shape index (κ3) is 2.67. The lowest BCUT2D eigenvalue weighted by Crippen LogP contribution is -2.38. The summed E-state index contributed by atoms with van der Waals surface area (Å²) in [6.07, 6.45) is 3.83. The monoisotopic (exact) mass is 339 g/mol. The van der Waals surface area contributed by atoms with E-state index in [1.165, 1.54) is 24.7 Å². The largest absolute Gasteiger partial charge is 0.489 e. The summed E-state index contributed by atoms with van der Waals surface area (Å²) in [5.74, 6) is -0.409. The predicted octanol–water partition coefficient (Wildman–Crippen LogP) is 2.58. The molecular formula is C15H18FN3O3S. The Labute approximate surface area is 134 Å². The summed E-state index contributed by atoms with van der Waals surface area (Å²) in [6.45, 7) is 4.20. The molecule has 0 spiro atoms. The molecule has 124 valence electrons. The maximum atomic E-state index is 14.1. The summed E-state index contributed by atoms with van der Waals surface area (Å²) in [7, 11) is -3.94. The topological polar surface area (TPSA) is 64.4 Å². The van der Waals surface area contributed by atoms with Gasteiger partial charge in [-0.25, -0.2) is 9.37 Å². The van der Waals surface area contributed by atoms with Gasteiger partial charge in [0.15, 0.2) is 10.8 Å². The summed E-state index contributed by atoms with van der Waals surface area (Å²) in [5.41, 5.74) is -0.0585. The van der Waals surface area contributed by atoms with Crippen molar-refractivity contribution in [1.82, 2.24) is 9.55 Å². The number of para-hydroxylation sites is 1. The van der Waals surface area contributed by atoms with E-state index in [0.717, 1.165) is 10.7 Å². The first kappa shape index (κ1) is 15.8. The van der Waals surface area contributed by atoms with Crippen LogP contribution in [0.4, 0.5) is 10.1 Å². The van der Waals surface area contributed by atoms with Crippen molar-refractivity contribution in [3.63, 3.8) is 0 Å². The maximum Gasteiger partial charge on any atom is 0.283 e. The number of benzene rings is 1. The fourth-order valence-corrected chi connectivity index (χ4v) is 3.85. The molecule has 1 aliphatic rings. The Hall–Kier alpha value is -2.09. The molecule has 1 aliphatic heterocycles. The first-order chi connectivity index (χ1) is 10.9. The van der Waals surface area contributed by atoms with Crippen LogP contribution in [0.5, 0.6) is 5.75 Å². The SMILES string of the molecule is CC[C@H](C)n1cnc(S(=O)(=O)N2CCOc3cccc(F)c32)c1. The molecule has 2 heterocycles. The van der Waals surface area contributed by atoms with Gasteiger partial charge in [0.05, 0.1) is 12.9 Å². The van der Waals surface area contributed by atoms with Gasteiger partial charge in [-0.15, -0.1) is 0 Å². The van der Waals surface area contributed by atoms with Crippen LogP contribution in [0.1, 0.15) is 26.3 Å². The average molecular weight is 339 g/mol. The number of aromatic nitrogens is 2. The van der Waals surface area contributed by atoms with E-state index in [1.54, 1.807) is 10.6 Å². The number of halogens is 1. The van der Waals surface area contributed by atoms with Crippen molar-refractivity contribution in [3.8, 4) is 5.75 Å². The molecule has 0 N–H and O–H groups in total. The second-order valence-electron chi connectivity index (χ2n) is 5.43. The highest BCUT2D eigenvalue weighted by Crippen LogP contribution is 2.37.